The zero-order chi connectivity index (χ0) is 20.7. The molecule has 6 nitrogen and oxygen atoms in total. The van der Waals surface area contributed by atoms with E-state index in [1.807, 2.05) is 0 Å². The lowest BCUT2D eigenvalue weighted by molar-refractivity contribution is -0.116. The maximum atomic E-state index is 12.4. The van der Waals surface area contributed by atoms with Gasteiger partial charge in [-0.25, -0.2) is 9.59 Å². The first-order chi connectivity index (χ1) is 13.8. The number of nitrogens with one attached hydrogen (secondary N) is 1. The van der Waals surface area contributed by atoms with E-state index in [1.165, 1.54) is 12.1 Å². The highest BCUT2D eigenvalue weighted by atomic mass is 35.5. The third kappa shape index (κ3) is 3.50. The standard InChI is InChI=1S/C21H14ClNO5S/c22-13-7-5-11(6-8-13)16-17-18(29-19(16)21(27)28)14(9-15(24)23-17)10-1-3-12(4-2-10)20(25)26/h1-8,14H,9H2,(H,23,24)(H,25,26)(H,27,28)/t14-/m0/s1. The van der Waals surface area contributed by atoms with E-state index in [4.69, 9.17) is 16.7 Å². The highest BCUT2D eigenvalue weighted by Gasteiger charge is 2.34. The van der Waals surface area contributed by atoms with E-state index in [0.29, 0.717) is 21.8 Å². The van der Waals surface area contributed by atoms with Crippen molar-refractivity contribution < 1.29 is 24.6 Å². The summed E-state index contributed by atoms with van der Waals surface area (Å²) in [4.78, 5) is 36.3. The average Bonchev–Trinajstić information content (AvgIpc) is 3.07. The van der Waals surface area contributed by atoms with E-state index in [2.05, 4.69) is 5.32 Å². The van der Waals surface area contributed by atoms with Crippen LogP contribution in [0.25, 0.3) is 11.1 Å². The van der Waals surface area contributed by atoms with Crippen molar-refractivity contribution in [3.05, 3.63) is 74.4 Å². The zero-order valence-corrected chi connectivity index (χ0v) is 16.4. The molecule has 0 fully saturated rings. The number of thiophene rings is 1. The maximum absolute atomic E-state index is 12.4. The van der Waals surface area contributed by atoms with Crippen molar-refractivity contribution in [1.82, 2.24) is 0 Å². The van der Waals surface area contributed by atoms with Crippen molar-refractivity contribution in [3.63, 3.8) is 0 Å². The molecule has 1 amide bonds. The Bertz CT molecular complexity index is 1140. The van der Waals surface area contributed by atoms with Crippen LogP contribution in [0, 0.1) is 0 Å². The topological polar surface area (TPSA) is 104 Å². The Kier molecular flexibility index (Phi) is 4.86. The van der Waals surface area contributed by atoms with Crippen LogP contribution in [-0.4, -0.2) is 28.1 Å². The van der Waals surface area contributed by atoms with Crippen LogP contribution in [0.5, 0.6) is 0 Å². The fraction of sp³-hybridized carbons (Fsp3) is 0.0952. The van der Waals surface area contributed by atoms with Gasteiger partial charge >= 0.3 is 11.9 Å². The van der Waals surface area contributed by atoms with Gasteiger partial charge in [-0.15, -0.1) is 11.3 Å². The van der Waals surface area contributed by atoms with Crippen LogP contribution in [0.3, 0.4) is 0 Å². The number of carboxylic acids is 2. The molecule has 1 aliphatic heterocycles. The summed E-state index contributed by atoms with van der Waals surface area (Å²) in [6.45, 7) is 0. The van der Waals surface area contributed by atoms with Crippen molar-refractivity contribution in [2.45, 2.75) is 12.3 Å². The number of carbonyl (C=O) groups excluding carboxylic acids is 1. The third-order valence-corrected chi connectivity index (χ3v) is 6.34. The number of halogens is 1. The molecule has 0 spiro atoms. The first-order valence-electron chi connectivity index (χ1n) is 8.64. The van der Waals surface area contributed by atoms with Crippen LogP contribution in [0.4, 0.5) is 5.69 Å². The lowest BCUT2D eigenvalue weighted by atomic mass is 9.88. The summed E-state index contributed by atoms with van der Waals surface area (Å²) in [5.74, 6) is -2.70. The molecule has 4 rings (SSSR count). The molecule has 0 aliphatic carbocycles. The van der Waals surface area contributed by atoms with E-state index in [-0.39, 0.29) is 28.7 Å². The first-order valence-corrected chi connectivity index (χ1v) is 9.83. The van der Waals surface area contributed by atoms with Gasteiger partial charge in [-0.05, 0) is 35.4 Å². The van der Waals surface area contributed by atoms with Crippen LogP contribution < -0.4 is 5.32 Å². The van der Waals surface area contributed by atoms with Gasteiger partial charge in [0.1, 0.15) is 4.88 Å². The molecular weight excluding hydrogens is 414 g/mol. The fourth-order valence-corrected chi connectivity index (χ4v) is 4.83. The highest BCUT2D eigenvalue weighted by Crippen LogP contribution is 2.49. The molecule has 1 aliphatic rings. The number of benzene rings is 2. The third-order valence-electron chi connectivity index (χ3n) is 4.79. The Balaban J connectivity index is 1.88. The molecule has 0 unspecified atom stereocenters. The summed E-state index contributed by atoms with van der Waals surface area (Å²) >= 11 is 7.08. The summed E-state index contributed by atoms with van der Waals surface area (Å²) in [5, 5.41) is 22.2. The minimum absolute atomic E-state index is 0.131. The maximum Gasteiger partial charge on any atom is 0.346 e. The molecule has 29 heavy (non-hydrogen) atoms. The predicted molar refractivity (Wildman–Crippen MR) is 110 cm³/mol. The summed E-state index contributed by atoms with van der Waals surface area (Å²) in [7, 11) is 0. The van der Waals surface area contributed by atoms with Crippen molar-refractivity contribution in [2.75, 3.05) is 5.32 Å². The highest BCUT2D eigenvalue weighted by molar-refractivity contribution is 7.15. The second-order valence-electron chi connectivity index (χ2n) is 6.59. The van der Waals surface area contributed by atoms with E-state index >= 15 is 0 Å². The molecule has 0 radical (unpaired) electrons. The normalized spacial score (nSPS) is 15.5. The number of aromatic carboxylic acids is 2. The summed E-state index contributed by atoms with van der Waals surface area (Å²) < 4.78 is 0. The Morgan fingerprint density at radius 1 is 1.00 bits per heavy atom. The van der Waals surface area contributed by atoms with E-state index in [0.717, 1.165) is 21.8 Å². The Labute approximate surface area is 174 Å². The lowest BCUT2D eigenvalue weighted by Crippen LogP contribution is -2.22. The summed E-state index contributed by atoms with van der Waals surface area (Å²) in [6.07, 6.45) is 0.152. The van der Waals surface area contributed by atoms with Crippen LogP contribution in [0.1, 0.15) is 42.8 Å². The number of carboxylic acid groups (broad SMARTS) is 2. The molecule has 0 saturated heterocycles. The molecule has 0 saturated carbocycles. The number of hydrogen-bond acceptors (Lipinski definition) is 4. The number of carbonyl (C=O) groups is 3. The number of anilines is 1. The van der Waals surface area contributed by atoms with Crippen LogP contribution in [0.15, 0.2) is 48.5 Å². The van der Waals surface area contributed by atoms with Crippen molar-refractivity contribution in [2.24, 2.45) is 0 Å². The molecule has 2 aromatic carbocycles. The monoisotopic (exact) mass is 427 g/mol. The molecule has 1 atom stereocenters. The fourth-order valence-electron chi connectivity index (χ4n) is 3.46. The van der Waals surface area contributed by atoms with E-state index in [1.54, 1.807) is 36.4 Å². The van der Waals surface area contributed by atoms with Gasteiger partial charge in [-0.2, -0.15) is 0 Å². The van der Waals surface area contributed by atoms with Crippen molar-refractivity contribution in [3.8, 4) is 11.1 Å². The second-order valence-corrected chi connectivity index (χ2v) is 8.08. The molecule has 2 heterocycles. The van der Waals surface area contributed by atoms with Gasteiger partial charge in [0.15, 0.2) is 0 Å². The Morgan fingerprint density at radius 3 is 2.24 bits per heavy atom. The van der Waals surface area contributed by atoms with Gasteiger partial charge in [-0.3, -0.25) is 4.79 Å². The van der Waals surface area contributed by atoms with E-state index in [9.17, 15) is 19.5 Å². The van der Waals surface area contributed by atoms with E-state index < -0.39 is 11.9 Å². The van der Waals surface area contributed by atoms with Gasteiger partial charge in [0.25, 0.3) is 0 Å². The molecular formula is C21H14ClNO5S. The van der Waals surface area contributed by atoms with Crippen molar-refractivity contribution >= 4 is 46.5 Å². The first kappa shape index (κ1) is 19.2. The Hall–Kier alpha value is -3.16. The number of amides is 1. The summed E-state index contributed by atoms with van der Waals surface area (Å²) in [6, 6.07) is 13.1. The largest absolute Gasteiger partial charge is 0.478 e. The number of fused-ring (bicyclic) bond motifs is 1. The second kappa shape index (κ2) is 7.35. The quantitative estimate of drug-likeness (QED) is 0.547. The summed E-state index contributed by atoms with van der Waals surface area (Å²) in [5.41, 5.74) is 2.49. The average molecular weight is 428 g/mol. The van der Waals surface area contributed by atoms with Crippen LogP contribution >= 0.6 is 22.9 Å². The van der Waals surface area contributed by atoms with Gasteiger partial charge < -0.3 is 15.5 Å². The van der Waals surface area contributed by atoms with Gasteiger partial charge in [0.05, 0.1) is 11.3 Å². The SMILES string of the molecule is O=C1C[C@@H](c2ccc(C(=O)O)cc2)c2sc(C(=O)O)c(-c3ccc(Cl)cc3)c2N1. The van der Waals surface area contributed by atoms with Crippen molar-refractivity contribution in [1.29, 1.82) is 0 Å². The Morgan fingerprint density at radius 2 is 1.66 bits per heavy atom. The van der Waals surface area contributed by atoms with Gasteiger partial charge in [-0.1, -0.05) is 35.9 Å². The molecule has 8 heteroatoms. The van der Waals surface area contributed by atoms with Gasteiger partial charge in [0, 0.05) is 27.8 Å². The number of rotatable bonds is 4. The lowest BCUT2D eigenvalue weighted by Gasteiger charge is -2.24. The molecule has 3 aromatic rings. The molecule has 1 aromatic heterocycles. The van der Waals surface area contributed by atoms with Crippen LogP contribution in [-0.2, 0) is 4.79 Å². The minimum atomic E-state index is -1.08. The predicted octanol–water partition coefficient (Wildman–Crippen LogP) is 4.94. The molecule has 146 valence electrons. The number of hydrogen-bond donors (Lipinski definition) is 3. The zero-order valence-electron chi connectivity index (χ0n) is 14.8. The molecule has 3 N–H and O–H groups in total. The van der Waals surface area contributed by atoms with Crippen LogP contribution in [0.2, 0.25) is 5.02 Å². The smallest absolute Gasteiger partial charge is 0.346 e. The molecule has 0 bridgehead atoms. The van der Waals surface area contributed by atoms with Gasteiger partial charge in [0.2, 0.25) is 5.91 Å². The minimum Gasteiger partial charge on any atom is -0.478 e.